The second-order valence-corrected chi connectivity index (χ2v) is 2.68. The number of carbonyl (C=O) groups is 2. The zero-order chi connectivity index (χ0) is 11.0. The molecule has 0 aromatic carbocycles. The van der Waals surface area contributed by atoms with Crippen molar-refractivity contribution in [1.82, 2.24) is 0 Å². The van der Waals surface area contributed by atoms with Crippen molar-refractivity contribution >= 4 is 11.9 Å². The van der Waals surface area contributed by atoms with E-state index in [2.05, 4.69) is 6.58 Å². The summed E-state index contributed by atoms with van der Waals surface area (Å²) in [5.41, 5.74) is 0.260. The average molecular weight is 198 g/mol. The van der Waals surface area contributed by atoms with Crippen molar-refractivity contribution < 1.29 is 19.4 Å². The number of carboxylic acid groups (broad SMARTS) is 1. The number of hydrogen-bond donors (Lipinski definition) is 1. The molecule has 0 saturated heterocycles. The Morgan fingerprint density at radius 1 is 1.50 bits per heavy atom. The minimum atomic E-state index is -1.04. The van der Waals surface area contributed by atoms with E-state index in [1.54, 1.807) is 0 Å². The molecule has 0 aliphatic carbocycles. The fourth-order valence-corrected chi connectivity index (χ4v) is 0.682. The number of esters is 1. The molecule has 1 N–H and O–H groups in total. The molecule has 0 atom stereocenters. The standard InChI is InChI=1S/C10H14O4/c1-3-7-14-10(13)8(2)5-4-6-9(11)12/h4,6H,2-3,5,7H2,1H3,(H,11,12). The van der Waals surface area contributed by atoms with Gasteiger partial charge in [0.2, 0.25) is 0 Å². The molecule has 0 saturated carbocycles. The van der Waals surface area contributed by atoms with E-state index in [-0.39, 0.29) is 12.0 Å². The van der Waals surface area contributed by atoms with Crippen molar-refractivity contribution in [2.24, 2.45) is 0 Å². The normalized spacial score (nSPS) is 10.1. The van der Waals surface area contributed by atoms with E-state index in [4.69, 9.17) is 9.84 Å². The minimum absolute atomic E-state index is 0.203. The van der Waals surface area contributed by atoms with Crippen molar-refractivity contribution in [1.29, 1.82) is 0 Å². The smallest absolute Gasteiger partial charge is 0.333 e. The quantitative estimate of drug-likeness (QED) is 0.519. The monoisotopic (exact) mass is 198 g/mol. The zero-order valence-electron chi connectivity index (χ0n) is 8.16. The Kier molecular flexibility index (Phi) is 6.11. The van der Waals surface area contributed by atoms with Crippen LogP contribution in [0.4, 0.5) is 0 Å². The van der Waals surface area contributed by atoms with Gasteiger partial charge in [-0.05, 0) is 12.8 Å². The molecule has 0 bridgehead atoms. The highest BCUT2D eigenvalue weighted by Gasteiger charge is 2.05. The Balaban J connectivity index is 3.84. The molecule has 0 aromatic rings. The van der Waals surface area contributed by atoms with E-state index < -0.39 is 11.9 Å². The van der Waals surface area contributed by atoms with Crippen molar-refractivity contribution in [3.05, 3.63) is 24.3 Å². The number of aliphatic carboxylic acids is 1. The van der Waals surface area contributed by atoms with Gasteiger partial charge >= 0.3 is 11.9 Å². The number of carboxylic acids is 1. The van der Waals surface area contributed by atoms with Crippen LogP contribution in [0.25, 0.3) is 0 Å². The Labute approximate surface area is 82.9 Å². The molecule has 0 fully saturated rings. The summed E-state index contributed by atoms with van der Waals surface area (Å²) in [7, 11) is 0. The molecular formula is C10H14O4. The minimum Gasteiger partial charge on any atom is -0.478 e. The summed E-state index contributed by atoms with van der Waals surface area (Å²) in [5, 5.41) is 8.27. The van der Waals surface area contributed by atoms with E-state index in [0.29, 0.717) is 6.61 Å². The van der Waals surface area contributed by atoms with Crippen molar-refractivity contribution in [3.8, 4) is 0 Å². The topological polar surface area (TPSA) is 63.6 Å². The molecule has 78 valence electrons. The maximum Gasteiger partial charge on any atom is 0.333 e. The summed E-state index contributed by atoms with van der Waals surface area (Å²) in [6.45, 7) is 5.74. The predicted octanol–water partition coefficient (Wildman–Crippen LogP) is 1.53. The highest BCUT2D eigenvalue weighted by Crippen LogP contribution is 2.02. The van der Waals surface area contributed by atoms with Gasteiger partial charge in [0.15, 0.2) is 0 Å². The predicted molar refractivity (Wildman–Crippen MR) is 51.8 cm³/mol. The molecule has 0 heterocycles. The molecule has 0 radical (unpaired) electrons. The van der Waals surface area contributed by atoms with Crippen LogP contribution in [0.5, 0.6) is 0 Å². The van der Waals surface area contributed by atoms with Gasteiger partial charge in [-0.15, -0.1) is 0 Å². The second-order valence-electron chi connectivity index (χ2n) is 2.68. The van der Waals surface area contributed by atoms with E-state index in [1.807, 2.05) is 6.92 Å². The Bertz CT molecular complexity index is 253. The first kappa shape index (κ1) is 12.4. The maximum absolute atomic E-state index is 11.1. The summed E-state index contributed by atoms with van der Waals surface area (Å²) in [6.07, 6.45) is 3.29. The van der Waals surface area contributed by atoms with Gasteiger partial charge in [0, 0.05) is 11.6 Å². The first-order chi connectivity index (χ1) is 6.57. The summed E-state index contributed by atoms with van der Waals surface area (Å²) in [4.78, 5) is 21.2. The van der Waals surface area contributed by atoms with Gasteiger partial charge in [-0.1, -0.05) is 19.6 Å². The average Bonchev–Trinajstić information content (AvgIpc) is 2.13. The fourth-order valence-electron chi connectivity index (χ4n) is 0.682. The summed E-state index contributed by atoms with van der Waals surface area (Å²) >= 11 is 0. The van der Waals surface area contributed by atoms with Gasteiger partial charge in [-0.3, -0.25) is 0 Å². The second kappa shape index (κ2) is 6.88. The molecule has 0 aliphatic heterocycles. The maximum atomic E-state index is 11.1. The lowest BCUT2D eigenvalue weighted by atomic mass is 10.2. The zero-order valence-corrected chi connectivity index (χ0v) is 8.16. The Morgan fingerprint density at radius 2 is 2.14 bits per heavy atom. The number of ether oxygens (including phenoxy) is 1. The van der Waals surface area contributed by atoms with Crippen LogP contribution in [-0.2, 0) is 14.3 Å². The molecule has 0 spiro atoms. The van der Waals surface area contributed by atoms with Crippen molar-refractivity contribution in [2.45, 2.75) is 19.8 Å². The van der Waals surface area contributed by atoms with Crippen LogP contribution in [0.2, 0.25) is 0 Å². The lowest BCUT2D eigenvalue weighted by Crippen LogP contribution is -2.07. The third kappa shape index (κ3) is 5.99. The van der Waals surface area contributed by atoms with Crippen LogP contribution in [0.1, 0.15) is 19.8 Å². The number of allylic oxidation sites excluding steroid dienone is 1. The molecule has 0 amide bonds. The van der Waals surface area contributed by atoms with Crippen LogP contribution in [0, 0.1) is 0 Å². The Hall–Kier alpha value is -1.58. The van der Waals surface area contributed by atoms with Gasteiger partial charge in [-0.2, -0.15) is 0 Å². The van der Waals surface area contributed by atoms with Crippen LogP contribution in [-0.4, -0.2) is 23.7 Å². The van der Waals surface area contributed by atoms with Gasteiger partial charge in [0.25, 0.3) is 0 Å². The number of hydrogen-bond acceptors (Lipinski definition) is 3. The van der Waals surface area contributed by atoms with E-state index in [1.165, 1.54) is 6.08 Å². The lowest BCUT2D eigenvalue weighted by molar-refractivity contribution is -0.139. The number of rotatable bonds is 6. The molecule has 0 rings (SSSR count). The van der Waals surface area contributed by atoms with E-state index in [0.717, 1.165) is 12.5 Å². The molecule has 0 unspecified atom stereocenters. The van der Waals surface area contributed by atoms with Crippen LogP contribution in [0.3, 0.4) is 0 Å². The Morgan fingerprint density at radius 3 is 2.64 bits per heavy atom. The summed E-state index contributed by atoms with van der Waals surface area (Å²) in [6, 6.07) is 0. The lowest BCUT2D eigenvalue weighted by Gasteiger charge is -2.02. The SMILES string of the molecule is C=C(CC=CC(=O)O)C(=O)OCCC. The van der Waals surface area contributed by atoms with Crippen molar-refractivity contribution in [2.75, 3.05) is 6.61 Å². The molecular weight excluding hydrogens is 184 g/mol. The molecule has 14 heavy (non-hydrogen) atoms. The number of carbonyl (C=O) groups excluding carboxylic acids is 1. The van der Waals surface area contributed by atoms with Gasteiger partial charge in [0.05, 0.1) is 6.61 Å². The fraction of sp³-hybridized carbons (Fsp3) is 0.400. The first-order valence-corrected chi connectivity index (χ1v) is 4.32. The highest BCUT2D eigenvalue weighted by molar-refractivity contribution is 5.88. The molecule has 4 heteroatoms. The third-order valence-corrected chi connectivity index (χ3v) is 1.35. The largest absolute Gasteiger partial charge is 0.478 e. The summed E-state index contributed by atoms with van der Waals surface area (Å²) in [5.74, 6) is -1.51. The van der Waals surface area contributed by atoms with E-state index in [9.17, 15) is 9.59 Å². The molecule has 4 nitrogen and oxygen atoms in total. The first-order valence-electron chi connectivity index (χ1n) is 4.32. The third-order valence-electron chi connectivity index (χ3n) is 1.35. The van der Waals surface area contributed by atoms with Crippen LogP contribution in [0.15, 0.2) is 24.3 Å². The van der Waals surface area contributed by atoms with Crippen LogP contribution < -0.4 is 0 Å². The van der Waals surface area contributed by atoms with Crippen LogP contribution >= 0.6 is 0 Å². The van der Waals surface area contributed by atoms with Gasteiger partial charge in [0.1, 0.15) is 0 Å². The highest BCUT2D eigenvalue weighted by atomic mass is 16.5. The molecule has 0 aliphatic rings. The van der Waals surface area contributed by atoms with Gasteiger partial charge in [-0.25, -0.2) is 9.59 Å². The van der Waals surface area contributed by atoms with E-state index >= 15 is 0 Å². The molecule has 0 aromatic heterocycles. The van der Waals surface area contributed by atoms with Crippen molar-refractivity contribution in [3.63, 3.8) is 0 Å². The van der Waals surface area contributed by atoms with Gasteiger partial charge < -0.3 is 9.84 Å². The summed E-state index contributed by atoms with van der Waals surface area (Å²) < 4.78 is 4.79.